The number of ether oxygens (including phenoxy) is 1. The van der Waals surface area contributed by atoms with Crippen LogP contribution in [0.4, 0.5) is 0 Å². The predicted octanol–water partition coefficient (Wildman–Crippen LogP) is 2.81. The quantitative estimate of drug-likeness (QED) is 0.559. The molecule has 2 unspecified atom stereocenters. The minimum absolute atomic E-state index is 0.0160. The van der Waals surface area contributed by atoms with Crippen LogP contribution in [0.1, 0.15) is 23.7 Å². The van der Waals surface area contributed by atoms with Crippen molar-refractivity contribution in [1.29, 1.82) is 0 Å². The van der Waals surface area contributed by atoms with Crippen molar-refractivity contribution in [3.05, 3.63) is 48.0 Å². The number of fused-ring (bicyclic) bond motifs is 1. The Bertz CT molecular complexity index is 449. The lowest BCUT2D eigenvalue weighted by Crippen LogP contribution is -2.17. The number of carbonyl (C=O) groups is 1. The molecule has 2 aliphatic carbocycles. The van der Waals surface area contributed by atoms with Crippen molar-refractivity contribution < 1.29 is 9.53 Å². The molecule has 1 saturated carbocycles. The first-order valence-corrected chi connectivity index (χ1v) is 5.64. The summed E-state index contributed by atoms with van der Waals surface area (Å²) in [6.07, 6.45) is 5.34. The fourth-order valence-corrected chi connectivity index (χ4v) is 2.43. The monoisotopic (exact) mass is 214 g/mol. The van der Waals surface area contributed by atoms with Gasteiger partial charge in [-0.15, -0.1) is 0 Å². The Labute approximate surface area is 94.9 Å². The van der Waals surface area contributed by atoms with E-state index in [-0.39, 0.29) is 12.1 Å². The maximum atomic E-state index is 11.8. The van der Waals surface area contributed by atoms with Crippen LogP contribution in [-0.2, 0) is 4.74 Å². The Kier molecular flexibility index (Phi) is 1.93. The molecule has 0 N–H and O–H groups in total. The van der Waals surface area contributed by atoms with E-state index in [1.54, 1.807) is 12.1 Å². The van der Waals surface area contributed by atoms with Crippen LogP contribution in [0.3, 0.4) is 0 Å². The number of esters is 1. The number of hydrogen-bond acceptors (Lipinski definition) is 2. The molecule has 16 heavy (non-hydrogen) atoms. The van der Waals surface area contributed by atoms with Gasteiger partial charge in [-0.25, -0.2) is 4.79 Å². The summed E-state index contributed by atoms with van der Waals surface area (Å²) in [5.74, 6) is 0.298. The summed E-state index contributed by atoms with van der Waals surface area (Å²) < 4.78 is 5.49. The topological polar surface area (TPSA) is 26.3 Å². The van der Waals surface area contributed by atoms with E-state index in [0.717, 1.165) is 6.42 Å². The lowest BCUT2D eigenvalue weighted by molar-refractivity contribution is 0.0355. The molecule has 2 heteroatoms. The SMILES string of the molecule is C[C@]12C=CC(OC(=O)c3ccccc3)C1C2. The average Bonchev–Trinajstić information content (AvgIpc) is 2.89. The van der Waals surface area contributed by atoms with E-state index in [9.17, 15) is 4.79 Å². The summed E-state index contributed by atoms with van der Waals surface area (Å²) in [5.41, 5.74) is 0.937. The Morgan fingerprint density at radius 3 is 2.69 bits per heavy atom. The molecular weight excluding hydrogens is 200 g/mol. The van der Waals surface area contributed by atoms with Crippen LogP contribution in [0.2, 0.25) is 0 Å². The lowest BCUT2D eigenvalue weighted by atomic mass is 10.1. The second-order valence-electron chi connectivity index (χ2n) is 4.91. The first kappa shape index (κ1) is 9.64. The van der Waals surface area contributed by atoms with Crippen molar-refractivity contribution in [1.82, 2.24) is 0 Å². The molecule has 0 radical (unpaired) electrons. The van der Waals surface area contributed by atoms with Crippen molar-refractivity contribution in [2.24, 2.45) is 11.3 Å². The van der Waals surface area contributed by atoms with Gasteiger partial charge in [0.2, 0.25) is 0 Å². The second kappa shape index (κ2) is 3.21. The number of carbonyl (C=O) groups excluding carboxylic acids is 1. The van der Waals surface area contributed by atoms with Crippen molar-refractivity contribution >= 4 is 5.97 Å². The van der Waals surface area contributed by atoms with E-state index in [1.807, 2.05) is 24.3 Å². The van der Waals surface area contributed by atoms with Crippen LogP contribution in [0.25, 0.3) is 0 Å². The highest BCUT2D eigenvalue weighted by molar-refractivity contribution is 5.89. The molecule has 3 rings (SSSR count). The largest absolute Gasteiger partial charge is 0.454 e. The summed E-state index contributed by atoms with van der Waals surface area (Å²) in [6, 6.07) is 9.16. The van der Waals surface area contributed by atoms with Gasteiger partial charge < -0.3 is 4.74 Å². The molecule has 2 aliphatic rings. The van der Waals surface area contributed by atoms with Gasteiger partial charge in [-0.2, -0.15) is 0 Å². The van der Waals surface area contributed by atoms with E-state index in [4.69, 9.17) is 4.74 Å². The predicted molar refractivity (Wildman–Crippen MR) is 61.0 cm³/mol. The number of rotatable bonds is 2. The molecular formula is C14H14O2. The number of benzene rings is 1. The van der Waals surface area contributed by atoms with Gasteiger partial charge in [0.15, 0.2) is 0 Å². The van der Waals surface area contributed by atoms with E-state index in [0.29, 0.717) is 16.9 Å². The van der Waals surface area contributed by atoms with Crippen molar-refractivity contribution in [3.8, 4) is 0 Å². The van der Waals surface area contributed by atoms with E-state index < -0.39 is 0 Å². The van der Waals surface area contributed by atoms with Gasteiger partial charge in [-0.1, -0.05) is 31.2 Å². The van der Waals surface area contributed by atoms with Gasteiger partial charge in [-0.3, -0.25) is 0 Å². The molecule has 0 saturated heterocycles. The van der Waals surface area contributed by atoms with Crippen LogP contribution in [0.15, 0.2) is 42.5 Å². The molecule has 3 atom stereocenters. The molecule has 1 aromatic carbocycles. The summed E-state index contributed by atoms with van der Waals surface area (Å²) in [4.78, 5) is 11.8. The Hall–Kier alpha value is -1.57. The van der Waals surface area contributed by atoms with Gasteiger partial charge in [0.25, 0.3) is 0 Å². The van der Waals surface area contributed by atoms with Crippen LogP contribution in [0, 0.1) is 11.3 Å². The highest BCUT2D eigenvalue weighted by Gasteiger charge is 2.56. The molecule has 2 nitrogen and oxygen atoms in total. The highest BCUT2D eigenvalue weighted by atomic mass is 16.5. The minimum Gasteiger partial charge on any atom is -0.454 e. The molecule has 0 spiro atoms. The van der Waals surface area contributed by atoms with E-state index in [2.05, 4.69) is 13.0 Å². The van der Waals surface area contributed by atoms with Crippen LogP contribution < -0.4 is 0 Å². The standard InChI is InChI=1S/C14H14O2/c1-14-8-7-12(11(14)9-14)16-13(15)10-5-3-2-4-6-10/h2-8,11-12H,9H2,1H3/t11?,12?,14-/m1/s1. The van der Waals surface area contributed by atoms with E-state index >= 15 is 0 Å². The van der Waals surface area contributed by atoms with Crippen LogP contribution >= 0.6 is 0 Å². The van der Waals surface area contributed by atoms with E-state index in [1.165, 1.54) is 0 Å². The van der Waals surface area contributed by atoms with Crippen molar-refractivity contribution in [3.63, 3.8) is 0 Å². The van der Waals surface area contributed by atoms with Crippen molar-refractivity contribution in [2.45, 2.75) is 19.4 Å². The summed E-state index contributed by atoms with van der Waals surface area (Å²) in [5, 5.41) is 0. The third-order valence-corrected chi connectivity index (χ3v) is 3.66. The molecule has 0 amide bonds. The van der Waals surface area contributed by atoms with Crippen LogP contribution in [0.5, 0.6) is 0 Å². The smallest absolute Gasteiger partial charge is 0.338 e. The van der Waals surface area contributed by atoms with Crippen molar-refractivity contribution in [2.75, 3.05) is 0 Å². The zero-order chi connectivity index (χ0) is 11.2. The highest BCUT2D eigenvalue weighted by Crippen LogP contribution is 2.60. The Morgan fingerprint density at radius 1 is 1.38 bits per heavy atom. The maximum absolute atomic E-state index is 11.8. The fraction of sp³-hybridized carbons (Fsp3) is 0.357. The summed E-state index contributed by atoms with van der Waals surface area (Å²) >= 11 is 0. The molecule has 0 aromatic heterocycles. The summed E-state index contributed by atoms with van der Waals surface area (Å²) in [6.45, 7) is 2.21. The Balaban J connectivity index is 1.69. The first-order chi connectivity index (χ1) is 7.69. The fourth-order valence-electron chi connectivity index (χ4n) is 2.43. The van der Waals surface area contributed by atoms with Crippen LogP contribution in [-0.4, -0.2) is 12.1 Å². The summed E-state index contributed by atoms with van der Waals surface area (Å²) in [7, 11) is 0. The molecule has 0 aliphatic heterocycles. The van der Waals surface area contributed by atoms with Gasteiger partial charge >= 0.3 is 5.97 Å². The van der Waals surface area contributed by atoms with Gasteiger partial charge in [0, 0.05) is 5.92 Å². The third-order valence-electron chi connectivity index (χ3n) is 3.66. The third kappa shape index (κ3) is 1.45. The number of hydrogen-bond donors (Lipinski definition) is 0. The molecule has 1 fully saturated rings. The maximum Gasteiger partial charge on any atom is 0.338 e. The molecule has 0 bridgehead atoms. The minimum atomic E-state index is -0.216. The Morgan fingerprint density at radius 2 is 2.12 bits per heavy atom. The molecule has 82 valence electrons. The number of allylic oxidation sites excluding steroid dienone is 1. The second-order valence-corrected chi connectivity index (χ2v) is 4.91. The molecule has 1 aromatic rings. The molecule has 0 heterocycles. The zero-order valence-corrected chi connectivity index (χ0v) is 9.22. The first-order valence-electron chi connectivity index (χ1n) is 5.64. The zero-order valence-electron chi connectivity index (χ0n) is 9.22. The van der Waals surface area contributed by atoms with Gasteiger partial charge in [0.1, 0.15) is 6.10 Å². The average molecular weight is 214 g/mol. The van der Waals surface area contributed by atoms with Gasteiger partial charge in [0.05, 0.1) is 5.56 Å². The van der Waals surface area contributed by atoms with Gasteiger partial charge in [-0.05, 0) is 30.0 Å². The lowest BCUT2D eigenvalue weighted by Gasteiger charge is -2.11. The normalized spacial score (nSPS) is 34.6.